The molecule has 0 aliphatic rings. The van der Waals surface area contributed by atoms with Crippen LogP contribution < -0.4 is 0 Å². The fraction of sp³-hybridized carbons (Fsp3) is 0.333. The third-order valence-electron chi connectivity index (χ3n) is 1.78. The minimum atomic E-state index is -0.379. The van der Waals surface area contributed by atoms with Gasteiger partial charge in [0.2, 0.25) is 0 Å². The molecule has 0 heterocycles. The molecule has 1 aromatic rings. The summed E-state index contributed by atoms with van der Waals surface area (Å²) in [5, 5.41) is 10.7. The molecule has 82 valence electrons. The van der Waals surface area contributed by atoms with Crippen LogP contribution in [0.2, 0.25) is 0 Å². The maximum atomic E-state index is 10.7. The Morgan fingerprint density at radius 3 is 2.80 bits per heavy atom. The molecule has 0 bridgehead atoms. The van der Waals surface area contributed by atoms with E-state index in [4.69, 9.17) is 11.6 Å². The number of hydrogen-bond donors (Lipinski definition) is 0. The molecule has 0 amide bonds. The second-order valence-corrected chi connectivity index (χ2v) is 5.23. The average Bonchev–Trinajstić information content (AvgIpc) is 2.18. The van der Waals surface area contributed by atoms with E-state index in [0.717, 1.165) is 15.1 Å². The summed E-state index contributed by atoms with van der Waals surface area (Å²) in [4.78, 5) is 11.3. The second-order valence-electron chi connectivity index (χ2n) is 2.86. The highest BCUT2D eigenvalue weighted by atomic mass is 79.9. The third-order valence-corrected chi connectivity index (χ3v) is 4.17. The molecule has 6 heteroatoms. The molecule has 1 rings (SSSR count). The second kappa shape index (κ2) is 5.72. The number of thioether (sulfide) groups is 1. The number of nitrogens with zero attached hydrogens (tertiary/aromatic N) is 1. The first kappa shape index (κ1) is 12.8. The van der Waals surface area contributed by atoms with Crippen molar-refractivity contribution in [1.82, 2.24) is 0 Å². The van der Waals surface area contributed by atoms with E-state index in [2.05, 4.69) is 15.9 Å². The molecular formula is C9H9BrClNO2S. The Bertz CT molecular complexity index is 387. The number of nitro benzene ring substituents is 1. The number of halogens is 2. The highest BCUT2D eigenvalue weighted by Gasteiger charge is 2.13. The number of hydrogen-bond acceptors (Lipinski definition) is 3. The van der Waals surface area contributed by atoms with Gasteiger partial charge >= 0.3 is 0 Å². The van der Waals surface area contributed by atoms with Crippen molar-refractivity contribution in [2.45, 2.75) is 11.8 Å². The lowest BCUT2D eigenvalue weighted by atomic mass is 10.2. The predicted molar refractivity (Wildman–Crippen MR) is 67.0 cm³/mol. The maximum absolute atomic E-state index is 10.7. The number of rotatable bonds is 4. The summed E-state index contributed by atoms with van der Waals surface area (Å²) in [6.45, 7) is 1.73. The summed E-state index contributed by atoms with van der Waals surface area (Å²) in [7, 11) is 0. The molecule has 0 aromatic heterocycles. The summed E-state index contributed by atoms with van der Waals surface area (Å²) in [5.41, 5.74) is 0.803. The third kappa shape index (κ3) is 3.36. The minimum Gasteiger partial charge on any atom is -0.258 e. The number of benzene rings is 1. The van der Waals surface area contributed by atoms with E-state index in [9.17, 15) is 10.1 Å². The first-order valence-corrected chi connectivity index (χ1v) is 6.51. The van der Waals surface area contributed by atoms with Crippen molar-refractivity contribution in [1.29, 1.82) is 0 Å². The predicted octanol–water partition coefficient (Wildman–Crippen LogP) is 4.00. The standard InChI is InChI=1S/C9H9BrClNO2S/c1-6-4-9(15-3-2-11)7(10)5-8(6)12(13)14/h4-5H,2-3H2,1H3. The zero-order valence-electron chi connectivity index (χ0n) is 8.00. The van der Waals surface area contributed by atoms with Crippen molar-refractivity contribution < 1.29 is 4.92 Å². The van der Waals surface area contributed by atoms with E-state index in [1.165, 1.54) is 6.07 Å². The summed E-state index contributed by atoms with van der Waals surface area (Å²) < 4.78 is 0.745. The Kier molecular flexibility index (Phi) is 4.89. The van der Waals surface area contributed by atoms with Gasteiger partial charge in [0.25, 0.3) is 5.69 Å². The molecule has 0 saturated carbocycles. The van der Waals surface area contributed by atoms with Crippen LogP contribution in [0.5, 0.6) is 0 Å². The van der Waals surface area contributed by atoms with Crippen molar-refractivity contribution in [3.63, 3.8) is 0 Å². The highest BCUT2D eigenvalue weighted by Crippen LogP contribution is 2.33. The van der Waals surface area contributed by atoms with Gasteiger partial charge < -0.3 is 0 Å². The molecule has 0 radical (unpaired) electrons. The van der Waals surface area contributed by atoms with E-state index in [0.29, 0.717) is 11.4 Å². The van der Waals surface area contributed by atoms with Gasteiger partial charge in [-0.3, -0.25) is 10.1 Å². The van der Waals surface area contributed by atoms with E-state index in [-0.39, 0.29) is 10.6 Å². The Balaban J connectivity index is 3.02. The molecule has 0 spiro atoms. The van der Waals surface area contributed by atoms with Crippen LogP contribution in [0.1, 0.15) is 5.56 Å². The van der Waals surface area contributed by atoms with Gasteiger partial charge in [0.05, 0.1) is 4.92 Å². The van der Waals surface area contributed by atoms with Crippen LogP contribution in [-0.2, 0) is 0 Å². The lowest BCUT2D eigenvalue weighted by molar-refractivity contribution is -0.385. The molecule has 0 aliphatic carbocycles. The van der Waals surface area contributed by atoms with Crippen LogP contribution in [0.4, 0.5) is 5.69 Å². The van der Waals surface area contributed by atoms with Crippen molar-refractivity contribution in [3.05, 3.63) is 32.3 Å². The zero-order chi connectivity index (χ0) is 11.4. The highest BCUT2D eigenvalue weighted by molar-refractivity contribution is 9.10. The molecule has 1 aromatic carbocycles. The molecule has 0 fully saturated rings. The van der Waals surface area contributed by atoms with Gasteiger partial charge in [-0.15, -0.1) is 23.4 Å². The Labute approximate surface area is 105 Å². The largest absolute Gasteiger partial charge is 0.273 e. The van der Waals surface area contributed by atoms with Crippen molar-refractivity contribution in [2.24, 2.45) is 0 Å². The van der Waals surface area contributed by atoms with E-state index in [1.54, 1.807) is 24.8 Å². The molecular weight excluding hydrogens is 302 g/mol. The Hall–Kier alpha value is -0.260. The van der Waals surface area contributed by atoms with Crippen LogP contribution >= 0.6 is 39.3 Å². The molecule has 0 atom stereocenters. The van der Waals surface area contributed by atoms with E-state index in [1.807, 2.05) is 0 Å². The fourth-order valence-corrected chi connectivity index (χ4v) is 2.76. The minimum absolute atomic E-state index is 0.136. The van der Waals surface area contributed by atoms with Gasteiger partial charge in [0, 0.05) is 32.6 Å². The first-order valence-electron chi connectivity index (χ1n) is 4.19. The molecule has 0 unspecified atom stereocenters. The summed E-state index contributed by atoms with van der Waals surface area (Å²) in [6, 6.07) is 3.34. The number of alkyl halides is 1. The fourth-order valence-electron chi connectivity index (χ4n) is 1.10. The lowest BCUT2D eigenvalue weighted by Gasteiger charge is -2.05. The maximum Gasteiger partial charge on any atom is 0.273 e. The summed E-state index contributed by atoms with van der Waals surface area (Å²) in [6.07, 6.45) is 0. The van der Waals surface area contributed by atoms with Gasteiger partial charge in [-0.25, -0.2) is 0 Å². The van der Waals surface area contributed by atoms with Crippen LogP contribution in [0.25, 0.3) is 0 Å². The normalized spacial score (nSPS) is 10.3. The van der Waals surface area contributed by atoms with Crippen LogP contribution in [0.3, 0.4) is 0 Å². The lowest BCUT2D eigenvalue weighted by Crippen LogP contribution is -1.93. The van der Waals surface area contributed by atoms with E-state index < -0.39 is 0 Å². The van der Waals surface area contributed by atoms with Crippen molar-refractivity contribution >= 4 is 45.0 Å². The molecule has 3 nitrogen and oxygen atoms in total. The zero-order valence-corrected chi connectivity index (χ0v) is 11.2. The first-order chi connectivity index (χ1) is 7.06. The average molecular weight is 311 g/mol. The van der Waals surface area contributed by atoms with Gasteiger partial charge in [0.1, 0.15) is 0 Å². The number of nitro groups is 1. The quantitative estimate of drug-likeness (QED) is 0.365. The molecule has 0 N–H and O–H groups in total. The molecule has 15 heavy (non-hydrogen) atoms. The summed E-state index contributed by atoms with van der Waals surface area (Å²) in [5.74, 6) is 1.35. The topological polar surface area (TPSA) is 43.1 Å². The smallest absolute Gasteiger partial charge is 0.258 e. The van der Waals surface area contributed by atoms with Crippen LogP contribution in [0.15, 0.2) is 21.5 Å². The Morgan fingerprint density at radius 2 is 2.27 bits per heavy atom. The monoisotopic (exact) mass is 309 g/mol. The van der Waals surface area contributed by atoms with E-state index >= 15 is 0 Å². The molecule has 0 saturated heterocycles. The SMILES string of the molecule is Cc1cc(SCCCl)c(Br)cc1[N+](=O)[O-]. The van der Waals surface area contributed by atoms with Gasteiger partial charge in [-0.05, 0) is 28.9 Å². The van der Waals surface area contributed by atoms with Gasteiger partial charge in [-0.2, -0.15) is 0 Å². The Morgan fingerprint density at radius 1 is 1.60 bits per heavy atom. The van der Waals surface area contributed by atoms with Gasteiger partial charge in [0.15, 0.2) is 0 Å². The van der Waals surface area contributed by atoms with Crippen LogP contribution in [0, 0.1) is 17.0 Å². The van der Waals surface area contributed by atoms with Crippen LogP contribution in [-0.4, -0.2) is 16.6 Å². The van der Waals surface area contributed by atoms with Crippen molar-refractivity contribution in [2.75, 3.05) is 11.6 Å². The van der Waals surface area contributed by atoms with Gasteiger partial charge in [-0.1, -0.05) is 0 Å². The molecule has 0 aliphatic heterocycles. The summed E-state index contributed by atoms with van der Waals surface area (Å²) >= 11 is 10.5. The number of aryl methyl sites for hydroxylation is 1. The van der Waals surface area contributed by atoms with Crippen molar-refractivity contribution in [3.8, 4) is 0 Å².